The van der Waals surface area contributed by atoms with Crippen LogP contribution in [-0.2, 0) is 0 Å². The highest BCUT2D eigenvalue weighted by Crippen LogP contribution is 2.52. The molecule has 4 rings (SSSR count). The zero-order chi connectivity index (χ0) is 12.1. The zero-order valence-corrected chi connectivity index (χ0v) is 11.4. The second-order valence-electron chi connectivity index (χ2n) is 6.60. The van der Waals surface area contributed by atoms with Gasteiger partial charge in [-0.2, -0.15) is 0 Å². The second kappa shape index (κ2) is 4.00. The van der Waals surface area contributed by atoms with Crippen molar-refractivity contribution in [2.45, 2.75) is 58.3 Å². The predicted molar refractivity (Wildman–Crippen MR) is 75.2 cm³/mol. The average Bonchev–Trinajstić information content (AvgIpc) is 3.13. The minimum Gasteiger partial charge on any atom is -0.117 e. The topological polar surface area (TPSA) is 0 Å². The number of allylic oxidation sites excluding steroid dienone is 5. The van der Waals surface area contributed by atoms with E-state index in [-0.39, 0.29) is 0 Å². The van der Waals surface area contributed by atoms with Gasteiger partial charge in [-0.05, 0) is 87.3 Å². The second-order valence-corrected chi connectivity index (χ2v) is 6.60. The lowest BCUT2D eigenvalue weighted by Gasteiger charge is -2.19. The minimum atomic E-state index is 0.979. The summed E-state index contributed by atoms with van der Waals surface area (Å²) < 4.78 is 0. The largest absolute Gasteiger partial charge is 0.117 e. The lowest BCUT2D eigenvalue weighted by molar-refractivity contribution is 0.556. The van der Waals surface area contributed by atoms with Gasteiger partial charge in [0.15, 0.2) is 0 Å². The maximum Gasteiger partial charge on any atom is 0.0224 e. The van der Waals surface area contributed by atoms with E-state index in [1.54, 1.807) is 22.3 Å². The molecule has 18 heavy (non-hydrogen) atoms. The van der Waals surface area contributed by atoms with E-state index in [1.165, 1.54) is 56.9 Å². The fourth-order valence-electron chi connectivity index (χ4n) is 4.68. The molecular weight excluding hydrogens is 216 g/mol. The van der Waals surface area contributed by atoms with Crippen molar-refractivity contribution >= 4 is 0 Å². The Bertz CT molecular complexity index is 480. The van der Waals surface area contributed by atoms with E-state index in [1.807, 2.05) is 0 Å². The first-order valence-corrected chi connectivity index (χ1v) is 7.69. The van der Waals surface area contributed by atoms with Crippen LogP contribution in [0.25, 0.3) is 0 Å². The third-order valence-corrected chi connectivity index (χ3v) is 5.51. The van der Waals surface area contributed by atoms with Crippen molar-refractivity contribution in [3.05, 3.63) is 39.7 Å². The van der Waals surface area contributed by atoms with Gasteiger partial charge in [0.2, 0.25) is 0 Å². The van der Waals surface area contributed by atoms with Crippen molar-refractivity contribution in [1.82, 2.24) is 0 Å². The van der Waals surface area contributed by atoms with Crippen LogP contribution in [0, 0.1) is 11.8 Å². The third kappa shape index (κ3) is 1.52. The smallest absolute Gasteiger partial charge is 0.0224 e. The number of hydrogen-bond acceptors (Lipinski definition) is 0. The Hall–Kier alpha value is -1.00. The van der Waals surface area contributed by atoms with Crippen LogP contribution in [0.1, 0.15) is 58.3 Å². The maximum absolute atomic E-state index is 3.61. The molecule has 0 aliphatic heterocycles. The molecule has 2 unspecified atom stereocenters. The van der Waals surface area contributed by atoms with Gasteiger partial charge in [-0.3, -0.25) is 0 Å². The Kier molecular flexibility index (Phi) is 2.42. The summed E-state index contributed by atoms with van der Waals surface area (Å²) in [6.45, 7) is 2.12. The number of rotatable bonds is 2. The normalized spacial score (nSPS) is 32.5. The highest BCUT2D eigenvalue weighted by molar-refractivity contribution is 5.55. The predicted octanol–water partition coefficient (Wildman–Crippen LogP) is 5.09. The molecule has 2 saturated carbocycles. The van der Waals surface area contributed by atoms with Gasteiger partial charge >= 0.3 is 0 Å². The van der Waals surface area contributed by atoms with Crippen LogP contribution < -0.4 is 0 Å². The monoisotopic (exact) mass is 238 g/mol. The summed E-state index contributed by atoms with van der Waals surface area (Å²) >= 11 is 0. The fourth-order valence-corrected chi connectivity index (χ4v) is 4.68. The lowest BCUT2D eigenvalue weighted by Crippen LogP contribution is -2.03. The van der Waals surface area contributed by atoms with E-state index >= 15 is 0 Å². The lowest BCUT2D eigenvalue weighted by atomic mass is 9.85. The van der Waals surface area contributed by atoms with E-state index in [9.17, 15) is 0 Å². The van der Waals surface area contributed by atoms with Crippen LogP contribution in [0.2, 0.25) is 0 Å². The number of fused-ring (bicyclic) bond motifs is 4. The Morgan fingerprint density at radius 1 is 0.944 bits per heavy atom. The highest BCUT2D eigenvalue weighted by Gasteiger charge is 2.36. The first-order chi connectivity index (χ1) is 8.85. The summed E-state index contributed by atoms with van der Waals surface area (Å²) in [7, 11) is 0. The van der Waals surface area contributed by atoms with Gasteiger partial charge in [0.25, 0.3) is 0 Å². The summed E-state index contributed by atoms with van der Waals surface area (Å²) in [4.78, 5) is 0. The molecule has 2 fully saturated rings. The standard InChI is InChI=1S/C18H22/c1-2-3-16(17-10-12-4-6-14(17)8-12)18-11-13-5-7-15(18)9-13/h2,12-13H,4-11H2,1H3. The van der Waals surface area contributed by atoms with Crippen molar-refractivity contribution in [2.75, 3.05) is 0 Å². The van der Waals surface area contributed by atoms with Gasteiger partial charge in [0.05, 0.1) is 0 Å². The summed E-state index contributed by atoms with van der Waals surface area (Å²) in [5, 5.41) is 0. The third-order valence-electron chi connectivity index (χ3n) is 5.51. The van der Waals surface area contributed by atoms with Crippen LogP contribution in [0.5, 0.6) is 0 Å². The molecule has 0 saturated heterocycles. The molecule has 4 bridgehead atoms. The highest BCUT2D eigenvalue weighted by atomic mass is 14.4. The molecule has 4 aliphatic carbocycles. The number of hydrogen-bond donors (Lipinski definition) is 0. The molecule has 0 aromatic heterocycles. The van der Waals surface area contributed by atoms with E-state index in [0.717, 1.165) is 11.8 Å². The molecule has 0 nitrogen and oxygen atoms in total. The van der Waals surface area contributed by atoms with Crippen molar-refractivity contribution in [3.8, 4) is 0 Å². The zero-order valence-electron chi connectivity index (χ0n) is 11.4. The molecule has 94 valence electrons. The molecule has 0 aromatic carbocycles. The van der Waals surface area contributed by atoms with Gasteiger partial charge in [0, 0.05) is 5.57 Å². The summed E-state index contributed by atoms with van der Waals surface area (Å²) in [6.07, 6.45) is 13.3. The SMILES string of the molecule is CC=C=C(C1=C2CCC(C2)C1)C1=C2CCC(C2)C1. The molecule has 0 spiro atoms. The summed E-state index contributed by atoms with van der Waals surface area (Å²) in [6, 6.07) is 0. The van der Waals surface area contributed by atoms with Crippen molar-refractivity contribution < 1.29 is 0 Å². The van der Waals surface area contributed by atoms with Crippen molar-refractivity contribution in [3.63, 3.8) is 0 Å². The Morgan fingerprint density at radius 2 is 1.50 bits per heavy atom. The molecule has 0 heterocycles. The molecule has 4 aliphatic rings. The van der Waals surface area contributed by atoms with E-state index in [4.69, 9.17) is 0 Å². The molecule has 0 aromatic rings. The van der Waals surface area contributed by atoms with Crippen LogP contribution in [0.3, 0.4) is 0 Å². The molecule has 0 radical (unpaired) electrons. The average molecular weight is 238 g/mol. The minimum absolute atomic E-state index is 0.979. The van der Waals surface area contributed by atoms with Crippen molar-refractivity contribution in [1.29, 1.82) is 0 Å². The van der Waals surface area contributed by atoms with Gasteiger partial charge in [0.1, 0.15) is 0 Å². The van der Waals surface area contributed by atoms with E-state index < -0.39 is 0 Å². The first kappa shape index (κ1) is 10.9. The molecule has 0 N–H and O–H groups in total. The van der Waals surface area contributed by atoms with Crippen LogP contribution in [0.15, 0.2) is 39.7 Å². The Morgan fingerprint density at radius 3 is 1.83 bits per heavy atom. The molecule has 0 heteroatoms. The van der Waals surface area contributed by atoms with Crippen molar-refractivity contribution in [2.24, 2.45) is 11.8 Å². The molecule has 0 amide bonds. The van der Waals surface area contributed by atoms with Gasteiger partial charge in [-0.15, -0.1) is 5.73 Å². The maximum atomic E-state index is 3.61. The van der Waals surface area contributed by atoms with Crippen LogP contribution >= 0.6 is 0 Å². The summed E-state index contributed by atoms with van der Waals surface area (Å²) in [5.41, 5.74) is 12.1. The molecule has 2 atom stereocenters. The van der Waals surface area contributed by atoms with Gasteiger partial charge in [-0.1, -0.05) is 11.1 Å². The first-order valence-electron chi connectivity index (χ1n) is 7.69. The van der Waals surface area contributed by atoms with Gasteiger partial charge < -0.3 is 0 Å². The quantitative estimate of drug-likeness (QED) is 0.588. The van der Waals surface area contributed by atoms with E-state index in [2.05, 4.69) is 18.7 Å². The Balaban J connectivity index is 1.78. The van der Waals surface area contributed by atoms with Gasteiger partial charge in [-0.25, -0.2) is 0 Å². The summed E-state index contributed by atoms with van der Waals surface area (Å²) in [5.74, 6) is 1.96. The van der Waals surface area contributed by atoms with E-state index in [0.29, 0.717) is 0 Å². The van der Waals surface area contributed by atoms with Crippen LogP contribution in [-0.4, -0.2) is 0 Å². The van der Waals surface area contributed by atoms with Crippen LogP contribution in [0.4, 0.5) is 0 Å². The fraction of sp³-hybridized carbons (Fsp3) is 0.611. The Labute approximate surface area is 110 Å². The molecular formula is C18H22.